The van der Waals surface area contributed by atoms with Crippen LogP contribution in [0, 0.1) is 0 Å². The van der Waals surface area contributed by atoms with Crippen molar-refractivity contribution in [3.05, 3.63) is 42.5 Å². The van der Waals surface area contributed by atoms with E-state index in [1.54, 1.807) is 12.1 Å². The fraction of sp³-hybridized carbons (Fsp3) is 0.474. The Hall–Kier alpha value is -2.14. The molecule has 130 valence electrons. The van der Waals surface area contributed by atoms with Crippen LogP contribution >= 0.6 is 0 Å². The van der Waals surface area contributed by atoms with Gasteiger partial charge in [0.25, 0.3) is 0 Å². The van der Waals surface area contributed by atoms with Crippen LogP contribution in [0.4, 0.5) is 5.69 Å². The van der Waals surface area contributed by atoms with Crippen molar-refractivity contribution in [2.45, 2.75) is 44.6 Å². The Morgan fingerprint density at radius 2 is 1.88 bits per heavy atom. The van der Waals surface area contributed by atoms with Gasteiger partial charge in [0.1, 0.15) is 0 Å². The Balaban J connectivity index is 1.64. The number of rotatable bonds is 8. The summed E-state index contributed by atoms with van der Waals surface area (Å²) in [7, 11) is 0. The van der Waals surface area contributed by atoms with E-state index in [1.807, 2.05) is 12.1 Å². The summed E-state index contributed by atoms with van der Waals surface area (Å²) >= 11 is 0. The van der Waals surface area contributed by atoms with Crippen LogP contribution in [0.3, 0.4) is 0 Å². The fourth-order valence-electron chi connectivity index (χ4n) is 2.79. The number of hydrogen-bond donors (Lipinski definition) is 2. The second-order valence-electron chi connectivity index (χ2n) is 6.05. The number of carbonyl (C=O) groups is 2. The monoisotopic (exact) mass is 330 g/mol. The third kappa shape index (κ3) is 6.54. The van der Waals surface area contributed by atoms with Gasteiger partial charge in [0, 0.05) is 12.2 Å². The van der Waals surface area contributed by atoms with Crippen LogP contribution in [0.25, 0.3) is 0 Å². The van der Waals surface area contributed by atoms with E-state index in [1.165, 1.54) is 25.3 Å². The minimum Gasteiger partial charge on any atom is -0.376 e. The van der Waals surface area contributed by atoms with Crippen molar-refractivity contribution in [1.82, 2.24) is 5.32 Å². The largest absolute Gasteiger partial charge is 0.376 e. The SMILES string of the molecule is C=CC(=O)Nc1ccc(CC(=O)NCCOC2CCCCC2)cc1. The Labute approximate surface area is 143 Å². The van der Waals surface area contributed by atoms with Gasteiger partial charge in [0.05, 0.1) is 19.1 Å². The van der Waals surface area contributed by atoms with E-state index >= 15 is 0 Å². The van der Waals surface area contributed by atoms with Crippen LogP contribution in [-0.4, -0.2) is 31.1 Å². The second-order valence-corrected chi connectivity index (χ2v) is 6.05. The van der Waals surface area contributed by atoms with Crippen molar-refractivity contribution in [2.24, 2.45) is 0 Å². The molecule has 24 heavy (non-hydrogen) atoms. The van der Waals surface area contributed by atoms with Gasteiger partial charge in [-0.15, -0.1) is 0 Å². The number of amides is 2. The highest BCUT2D eigenvalue weighted by Crippen LogP contribution is 2.19. The maximum atomic E-state index is 11.9. The summed E-state index contributed by atoms with van der Waals surface area (Å²) in [6, 6.07) is 7.21. The van der Waals surface area contributed by atoms with E-state index in [0.717, 1.165) is 18.4 Å². The van der Waals surface area contributed by atoms with Gasteiger partial charge in [-0.3, -0.25) is 9.59 Å². The zero-order valence-electron chi connectivity index (χ0n) is 14.1. The Kier molecular flexibility index (Phi) is 7.49. The third-order valence-electron chi connectivity index (χ3n) is 4.10. The van der Waals surface area contributed by atoms with Gasteiger partial charge in [0.15, 0.2) is 0 Å². The fourth-order valence-corrected chi connectivity index (χ4v) is 2.79. The molecule has 1 aliphatic carbocycles. The summed E-state index contributed by atoms with van der Waals surface area (Å²) in [4.78, 5) is 23.1. The molecule has 0 saturated heterocycles. The first-order chi connectivity index (χ1) is 11.7. The summed E-state index contributed by atoms with van der Waals surface area (Å²) in [5.74, 6) is -0.274. The predicted molar refractivity (Wildman–Crippen MR) is 94.8 cm³/mol. The maximum absolute atomic E-state index is 11.9. The zero-order valence-corrected chi connectivity index (χ0v) is 14.1. The van der Waals surface area contributed by atoms with Crippen molar-refractivity contribution in [1.29, 1.82) is 0 Å². The third-order valence-corrected chi connectivity index (χ3v) is 4.10. The molecule has 1 fully saturated rings. The van der Waals surface area contributed by atoms with Crippen molar-refractivity contribution in [2.75, 3.05) is 18.5 Å². The molecule has 1 aromatic carbocycles. The quantitative estimate of drug-likeness (QED) is 0.569. The van der Waals surface area contributed by atoms with Crippen LogP contribution in [-0.2, 0) is 20.7 Å². The van der Waals surface area contributed by atoms with Crippen LogP contribution < -0.4 is 10.6 Å². The highest BCUT2D eigenvalue weighted by atomic mass is 16.5. The van der Waals surface area contributed by atoms with Gasteiger partial charge in [-0.05, 0) is 36.6 Å². The average molecular weight is 330 g/mol. The topological polar surface area (TPSA) is 67.4 Å². The van der Waals surface area contributed by atoms with Crippen LogP contribution in [0.2, 0.25) is 0 Å². The van der Waals surface area contributed by atoms with Crippen molar-refractivity contribution in [3.8, 4) is 0 Å². The minimum atomic E-state index is -0.251. The normalized spacial score (nSPS) is 14.8. The summed E-state index contributed by atoms with van der Waals surface area (Å²) in [5, 5.41) is 5.55. The van der Waals surface area contributed by atoms with E-state index in [2.05, 4.69) is 17.2 Å². The van der Waals surface area contributed by atoms with E-state index in [0.29, 0.717) is 31.4 Å². The highest BCUT2D eigenvalue weighted by molar-refractivity contribution is 5.98. The predicted octanol–water partition coefficient (Wildman–Crippen LogP) is 2.82. The molecule has 5 heteroatoms. The standard InChI is InChI=1S/C19H26N2O3/c1-2-18(22)21-16-10-8-15(9-11-16)14-19(23)20-12-13-24-17-6-4-3-5-7-17/h2,8-11,17H,1,3-7,12-14H2,(H,20,23)(H,21,22). The smallest absolute Gasteiger partial charge is 0.247 e. The molecule has 0 atom stereocenters. The molecule has 5 nitrogen and oxygen atoms in total. The number of hydrogen-bond acceptors (Lipinski definition) is 3. The first-order valence-corrected chi connectivity index (χ1v) is 8.58. The van der Waals surface area contributed by atoms with Crippen LogP contribution in [0.1, 0.15) is 37.7 Å². The molecule has 1 aromatic rings. The maximum Gasteiger partial charge on any atom is 0.247 e. The lowest BCUT2D eigenvalue weighted by atomic mass is 9.98. The van der Waals surface area contributed by atoms with E-state index < -0.39 is 0 Å². The van der Waals surface area contributed by atoms with Gasteiger partial charge >= 0.3 is 0 Å². The second kappa shape index (κ2) is 9.88. The summed E-state index contributed by atoms with van der Waals surface area (Å²) in [6.45, 7) is 4.52. The van der Waals surface area contributed by atoms with Gasteiger partial charge in [-0.25, -0.2) is 0 Å². The minimum absolute atomic E-state index is 0.0230. The van der Waals surface area contributed by atoms with Gasteiger partial charge in [-0.1, -0.05) is 38.0 Å². The molecule has 0 heterocycles. The molecule has 2 N–H and O–H groups in total. The van der Waals surface area contributed by atoms with Crippen molar-refractivity contribution < 1.29 is 14.3 Å². The number of carbonyl (C=O) groups excluding carboxylic acids is 2. The summed E-state index contributed by atoms with van der Waals surface area (Å²) in [6.07, 6.45) is 8.00. The van der Waals surface area contributed by atoms with Gasteiger partial charge < -0.3 is 15.4 Å². The number of ether oxygens (including phenoxy) is 1. The molecular weight excluding hydrogens is 304 g/mol. The lowest BCUT2D eigenvalue weighted by Crippen LogP contribution is -2.30. The molecule has 0 aliphatic heterocycles. The van der Waals surface area contributed by atoms with Gasteiger partial charge in [0.2, 0.25) is 11.8 Å². The van der Waals surface area contributed by atoms with E-state index in [4.69, 9.17) is 4.74 Å². The molecule has 0 unspecified atom stereocenters. The first-order valence-electron chi connectivity index (χ1n) is 8.58. The summed E-state index contributed by atoms with van der Waals surface area (Å²) in [5.41, 5.74) is 1.59. The first kappa shape index (κ1) is 18.2. The number of benzene rings is 1. The zero-order chi connectivity index (χ0) is 17.2. The Bertz CT molecular complexity index is 548. The Morgan fingerprint density at radius 1 is 1.17 bits per heavy atom. The lowest BCUT2D eigenvalue weighted by Gasteiger charge is -2.22. The van der Waals surface area contributed by atoms with Gasteiger partial charge in [-0.2, -0.15) is 0 Å². The molecule has 0 spiro atoms. The number of nitrogens with one attached hydrogen (secondary N) is 2. The van der Waals surface area contributed by atoms with Crippen molar-refractivity contribution >= 4 is 17.5 Å². The van der Waals surface area contributed by atoms with Crippen LogP contribution in [0.5, 0.6) is 0 Å². The molecule has 1 aliphatic rings. The summed E-state index contributed by atoms with van der Waals surface area (Å²) < 4.78 is 5.78. The molecule has 1 saturated carbocycles. The lowest BCUT2D eigenvalue weighted by molar-refractivity contribution is -0.120. The highest BCUT2D eigenvalue weighted by Gasteiger charge is 2.13. The van der Waals surface area contributed by atoms with Crippen molar-refractivity contribution in [3.63, 3.8) is 0 Å². The molecule has 2 amide bonds. The number of anilines is 1. The molecule has 0 bridgehead atoms. The average Bonchev–Trinajstić information content (AvgIpc) is 2.61. The van der Waals surface area contributed by atoms with Crippen LogP contribution in [0.15, 0.2) is 36.9 Å². The van der Waals surface area contributed by atoms with E-state index in [-0.39, 0.29) is 11.8 Å². The Morgan fingerprint density at radius 3 is 2.54 bits per heavy atom. The molecule has 2 rings (SSSR count). The molecule has 0 radical (unpaired) electrons. The molecule has 0 aromatic heterocycles. The molecular formula is C19H26N2O3. The van der Waals surface area contributed by atoms with E-state index in [9.17, 15) is 9.59 Å².